The van der Waals surface area contributed by atoms with E-state index in [0.717, 1.165) is 37.1 Å². The molecule has 0 unspecified atom stereocenters. The zero-order valence-corrected chi connectivity index (χ0v) is 12.5. The molecule has 0 amide bonds. The predicted octanol–water partition coefficient (Wildman–Crippen LogP) is 3.90. The molecule has 1 aliphatic heterocycles. The predicted molar refractivity (Wildman–Crippen MR) is 84.1 cm³/mol. The van der Waals surface area contributed by atoms with E-state index in [4.69, 9.17) is 9.47 Å². The average molecular weight is 312 g/mol. The number of halogens is 1. The van der Waals surface area contributed by atoms with Crippen LogP contribution in [0.3, 0.4) is 0 Å². The zero-order valence-electron chi connectivity index (χ0n) is 11.7. The lowest BCUT2D eigenvalue weighted by Gasteiger charge is -2.01. The molecule has 4 aromatic rings. The minimum Gasteiger partial charge on any atom is -0.454 e. The maximum Gasteiger partial charge on any atom is 0.249 e. The molecule has 0 saturated heterocycles. The standard InChI is InChI=1S/C17H11FNO2S/c1-19-7-15-16(9-3-2-4-11(18)17(9)19)10-5-12-13(21-8-20-12)6-14(10)22-15/h2-7H,8H2,1H3/q+1. The minimum atomic E-state index is -0.206. The van der Waals surface area contributed by atoms with Crippen LogP contribution < -0.4 is 14.0 Å². The van der Waals surface area contributed by atoms with Crippen LogP contribution in [-0.4, -0.2) is 6.79 Å². The van der Waals surface area contributed by atoms with Gasteiger partial charge in [-0.3, -0.25) is 0 Å². The number of para-hydroxylation sites is 1. The third kappa shape index (κ3) is 1.46. The second-order valence-electron chi connectivity index (χ2n) is 5.42. The molecule has 0 fully saturated rings. The summed E-state index contributed by atoms with van der Waals surface area (Å²) in [6.07, 6.45) is 1.98. The van der Waals surface area contributed by atoms with Crippen molar-refractivity contribution in [1.82, 2.24) is 0 Å². The van der Waals surface area contributed by atoms with E-state index in [2.05, 4.69) is 0 Å². The number of thiophene rings is 1. The van der Waals surface area contributed by atoms with Crippen LogP contribution in [-0.2, 0) is 7.05 Å². The van der Waals surface area contributed by atoms with Gasteiger partial charge in [-0.1, -0.05) is 6.07 Å². The first-order valence-electron chi connectivity index (χ1n) is 6.95. The smallest absolute Gasteiger partial charge is 0.249 e. The summed E-state index contributed by atoms with van der Waals surface area (Å²) in [6.45, 7) is 0.259. The first-order chi connectivity index (χ1) is 10.7. The van der Waals surface area contributed by atoms with Gasteiger partial charge in [0.2, 0.25) is 12.3 Å². The van der Waals surface area contributed by atoms with Crippen molar-refractivity contribution in [1.29, 1.82) is 0 Å². The summed E-state index contributed by atoms with van der Waals surface area (Å²) in [5, 5.41) is 3.08. The molecule has 22 heavy (non-hydrogen) atoms. The first kappa shape index (κ1) is 12.2. The Hall–Kier alpha value is -2.40. The van der Waals surface area contributed by atoms with Crippen molar-refractivity contribution in [2.75, 3.05) is 6.79 Å². The highest BCUT2D eigenvalue weighted by atomic mass is 32.1. The highest BCUT2D eigenvalue weighted by Crippen LogP contribution is 2.44. The third-order valence-corrected chi connectivity index (χ3v) is 5.22. The van der Waals surface area contributed by atoms with Crippen molar-refractivity contribution in [2.45, 2.75) is 0 Å². The Bertz CT molecular complexity index is 1090. The summed E-state index contributed by atoms with van der Waals surface area (Å²) < 4.78 is 29.3. The molecular weight excluding hydrogens is 301 g/mol. The highest BCUT2D eigenvalue weighted by Gasteiger charge is 2.21. The molecule has 3 nitrogen and oxygen atoms in total. The number of rotatable bonds is 0. The number of aromatic nitrogens is 1. The molecule has 0 atom stereocenters. The van der Waals surface area contributed by atoms with Gasteiger partial charge in [0, 0.05) is 21.5 Å². The minimum absolute atomic E-state index is 0.206. The van der Waals surface area contributed by atoms with Gasteiger partial charge in [0.25, 0.3) is 0 Å². The molecule has 0 N–H and O–H groups in total. The van der Waals surface area contributed by atoms with Gasteiger partial charge in [-0.2, -0.15) is 8.96 Å². The molecule has 0 saturated carbocycles. The normalized spacial score (nSPS) is 13.5. The Balaban J connectivity index is 2.04. The average Bonchev–Trinajstić information content (AvgIpc) is 3.07. The highest BCUT2D eigenvalue weighted by molar-refractivity contribution is 7.26. The molecular formula is C17H11FNO2S+. The summed E-state index contributed by atoms with van der Waals surface area (Å²) >= 11 is 1.68. The van der Waals surface area contributed by atoms with E-state index in [1.54, 1.807) is 17.4 Å². The SMILES string of the molecule is C[n+]1cc2sc3cc4c(cc3c2c2cccc(F)c21)OCO4. The lowest BCUT2D eigenvalue weighted by molar-refractivity contribution is -0.644. The maximum atomic E-state index is 14.2. The zero-order chi connectivity index (χ0) is 14.8. The van der Waals surface area contributed by atoms with Gasteiger partial charge in [0.1, 0.15) is 11.7 Å². The number of pyridine rings is 1. The summed E-state index contributed by atoms with van der Waals surface area (Å²) in [7, 11) is 1.88. The second-order valence-corrected chi connectivity index (χ2v) is 6.50. The number of ether oxygens (including phenoxy) is 2. The molecule has 0 radical (unpaired) electrons. The Morgan fingerprint density at radius 1 is 1.09 bits per heavy atom. The quantitative estimate of drug-likeness (QED) is 0.460. The molecule has 2 aromatic heterocycles. The van der Waals surface area contributed by atoms with E-state index in [-0.39, 0.29) is 12.6 Å². The summed E-state index contributed by atoms with van der Waals surface area (Å²) in [5.74, 6) is 1.32. The number of nitrogens with zero attached hydrogens (tertiary/aromatic N) is 1. The monoisotopic (exact) mass is 312 g/mol. The van der Waals surface area contributed by atoms with Gasteiger partial charge < -0.3 is 9.47 Å². The van der Waals surface area contributed by atoms with Gasteiger partial charge in [0.05, 0.1) is 5.39 Å². The van der Waals surface area contributed by atoms with Crippen LogP contribution in [0.5, 0.6) is 11.5 Å². The van der Waals surface area contributed by atoms with E-state index < -0.39 is 0 Å². The molecule has 0 aliphatic carbocycles. The summed E-state index contributed by atoms with van der Waals surface area (Å²) in [5.41, 5.74) is 0.618. The summed E-state index contributed by atoms with van der Waals surface area (Å²) in [6, 6.07) is 9.23. The molecule has 1 aliphatic rings. The largest absolute Gasteiger partial charge is 0.454 e. The molecule has 5 rings (SSSR count). The van der Waals surface area contributed by atoms with Crippen molar-refractivity contribution >= 4 is 42.4 Å². The van der Waals surface area contributed by atoms with Gasteiger partial charge in [0.15, 0.2) is 23.5 Å². The van der Waals surface area contributed by atoms with Crippen LogP contribution in [0.25, 0.3) is 31.1 Å². The fourth-order valence-electron chi connectivity index (χ4n) is 3.19. The Kier molecular flexibility index (Phi) is 2.26. The van der Waals surface area contributed by atoms with E-state index in [0.29, 0.717) is 5.52 Å². The van der Waals surface area contributed by atoms with Crippen LogP contribution >= 0.6 is 11.3 Å². The molecule has 108 valence electrons. The molecule has 3 heterocycles. The van der Waals surface area contributed by atoms with Gasteiger partial charge in [-0.15, -0.1) is 11.3 Å². The lowest BCUT2D eigenvalue weighted by Crippen LogP contribution is -2.29. The van der Waals surface area contributed by atoms with Gasteiger partial charge >= 0.3 is 0 Å². The van der Waals surface area contributed by atoms with Crippen molar-refractivity contribution < 1.29 is 18.4 Å². The molecule has 0 bridgehead atoms. The molecule has 2 aromatic carbocycles. The maximum absolute atomic E-state index is 14.2. The van der Waals surface area contributed by atoms with E-state index in [1.807, 2.05) is 36.0 Å². The second kappa shape index (κ2) is 4.08. The van der Waals surface area contributed by atoms with Gasteiger partial charge in [-0.25, -0.2) is 0 Å². The van der Waals surface area contributed by atoms with Gasteiger partial charge in [-0.05, 0) is 18.2 Å². The van der Waals surface area contributed by atoms with Crippen molar-refractivity contribution in [3.05, 3.63) is 42.3 Å². The summed E-state index contributed by atoms with van der Waals surface area (Å²) in [4.78, 5) is 0. The number of fused-ring (bicyclic) bond motifs is 6. The van der Waals surface area contributed by atoms with Crippen LogP contribution in [0.2, 0.25) is 0 Å². The van der Waals surface area contributed by atoms with Crippen LogP contribution in [0.4, 0.5) is 4.39 Å². The first-order valence-corrected chi connectivity index (χ1v) is 7.77. The Morgan fingerprint density at radius 3 is 2.77 bits per heavy atom. The van der Waals surface area contributed by atoms with Crippen LogP contribution in [0.15, 0.2) is 36.5 Å². The van der Waals surface area contributed by atoms with Crippen LogP contribution in [0, 0.1) is 5.82 Å². The molecule has 5 heteroatoms. The Labute approximate surface area is 129 Å². The van der Waals surface area contributed by atoms with Crippen molar-refractivity contribution in [3.63, 3.8) is 0 Å². The van der Waals surface area contributed by atoms with Crippen LogP contribution in [0.1, 0.15) is 0 Å². The number of hydrogen-bond donors (Lipinski definition) is 0. The van der Waals surface area contributed by atoms with E-state index >= 15 is 0 Å². The fourth-order valence-corrected chi connectivity index (χ4v) is 4.40. The number of benzene rings is 2. The third-order valence-electron chi connectivity index (χ3n) is 4.13. The topological polar surface area (TPSA) is 22.3 Å². The van der Waals surface area contributed by atoms with E-state index in [9.17, 15) is 4.39 Å². The number of aryl methyl sites for hydroxylation is 1. The fraction of sp³-hybridized carbons (Fsp3) is 0.118. The molecule has 0 spiro atoms. The van der Waals surface area contributed by atoms with E-state index in [1.165, 1.54) is 6.07 Å². The number of hydrogen-bond acceptors (Lipinski definition) is 3. The Morgan fingerprint density at radius 2 is 1.91 bits per heavy atom. The van der Waals surface area contributed by atoms with Crippen molar-refractivity contribution in [2.24, 2.45) is 7.05 Å². The van der Waals surface area contributed by atoms with Crippen molar-refractivity contribution in [3.8, 4) is 11.5 Å². The lowest BCUT2D eigenvalue weighted by atomic mass is 10.1.